The molecule has 1 N–H and O–H groups in total. The van der Waals surface area contributed by atoms with E-state index in [0.717, 1.165) is 16.7 Å². The van der Waals surface area contributed by atoms with E-state index in [1.165, 1.54) is 14.2 Å². The second-order valence-electron chi connectivity index (χ2n) is 5.81. The summed E-state index contributed by atoms with van der Waals surface area (Å²) in [6.45, 7) is 1.99. The first kappa shape index (κ1) is 19.2. The number of carboxylic acids is 1. The van der Waals surface area contributed by atoms with Gasteiger partial charge in [0.15, 0.2) is 17.3 Å². The van der Waals surface area contributed by atoms with Crippen molar-refractivity contribution in [1.29, 1.82) is 0 Å². The third-order valence-corrected chi connectivity index (χ3v) is 4.05. The first-order valence-corrected chi connectivity index (χ1v) is 7.96. The van der Waals surface area contributed by atoms with E-state index in [1.807, 2.05) is 31.2 Å². The number of ether oxygens (including phenoxy) is 2. The Hall–Kier alpha value is -3.15. The summed E-state index contributed by atoms with van der Waals surface area (Å²) in [5.41, 5.74) is 3.11. The van der Waals surface area contributed by atoms with Crippen LogP contribution in [0.15, 0.2) is 36.4 Å². The zero-order valence-corrected chi connectivity index (χ0v) is 14.9. The molecule has 6 heteroatoms. The number of Topliss-reactive ketones (excluding diaryl/α,β-unsaturated/α-hetero) is 2. The van der Waals surface area contributed by atoms with Crippen LogP contribution in [-0.4, -0.2) is 36.9 Å². The summed E-state index contributed by atoms with van der Waals surface area (Å²) in [7, 11) is 2.83. The molecule has 0 aliphatic heterocycles. The highest BCUT2D eigenvalue weighted by molar-refractivity contribution is 6.37. The molecular formula is C20H20O6. The molecule has 0 saturated carbocycles. The Labute approximate surface area is 151 Å². The van der Waals surface area contributed by atoms with E-state index in [9.17, 15) is 14.4 Å². The molecule has 0 aliphatic carbocycles. The summed E-state index contributed by atoms with van der Waals surface area (Å²) < 4.78 is 10.6. The molecule has 136 valence electrons. The number of rotatable bonds is 8. The van der Waals surface area contributed by atoms with E-state index in [-0.39, 0.29) is 11.3 Å². The molecule has 0 unspecified atom stereocenters. The van der Waals surface area contributed by atoms with Gasteiger partial charge in [0.05, 0.1) is 26.2 Å². The largest absolute Gasteiger partial charge is 0.493 e. The molecular weight excluding hydrogens is 336 g/mol. The Bertz CT molecular complexity index is 853. The van der Waals surface area contributed by atoms with E-state index in [4.69, 9.17) is 14.6 Å². The number of hydrogen-bond acceptors (Lipinski definition) is 5. The Morgan fingerprint density at radius 1 is 1.04 bits per heavy atom. The maximum absolute atomic E-state index is 12.5. The number of aliphatic carboxylic acids is 1. The second-order valence-corrected chi connectivity index (χ2v) is 5.81. The molecule has 0 heterocycles. The van der Waals surface area contributed by atoms with Crippen molar-refractivity contribution in [1.82, 2.24) is 0 Å². The molecule has 2 aromatic carbocycles. The fourth-order valence-electron chi connectivity index (χ4n) is 2.68. The van der Waals surface area contributed by atoms with Gasteiger partial charge in [-0.25, -0.2) is 4.79 Å². The van der Waals surface area contributed by atoms with Crippen molar-refractivity contribution in [3.05, 3.63) is 58.7 Å². The molecule has 2 aromatic rings. The van der Waals surface area contributed by atoms with E-state index in [0.29, 0.717) is 12.2 Å². The lowest BCUT2D eigenvalue weighted by Crippen LogP contribution is -2.18. The Morgan fingerprint density at radius 3 is 2.31 bits per heavy atom. The standard InChI is InChI=1S/C20H20O6/c1-12-6-4-5-7-14(12)8-13-9-15(16(21)11-17(22)20(23)24)19(26-3)18(10-13)25-2/h4-7,9-10H,8,11H2,1-3H3,(H,23,24). The number of carboxylic acid groups (broad SMARTS) is 1. The van der Waals surface area contributed by atoms with Crippen LogP contribution in [0.2, 0.25) is 0 Å². The minimum atomic E-state index is -1.64. The van der Waals surface area contributed by atoms with Crippen LogP contribution in [-0.2, 0) is 16.0 Å². The third kappa shape index (κ3) is 4.27. The Morgan fingerprint density at radius 2 is 1.73 bits per heavy atom. The first-order valence-electron chi connectivity index (χ1n) is 7.96. The average molecular weight is 356 g/mol. The number of hydrogen-bond donors (Lipinski definition) is 1. The van der Waals surface area contributed by atoms with Crippen LogP contribution < -0.4 is 9.47 Å². The Kier molecular flexibility index (Phi) is 6.11. The summed E-state index contributed by atoms with van der Waals surface area (Å²) in [5, 5.41) is 8.73. The van der Waals surface area contributed by atoms with Gasteiger partial charge in [-0.15, -0.1) is 0 Å². The van der Waals surface area contributed by atoms with Crippen molar-refractivity contribution < 1.29 is 29.0 Å². The van der Waals surface area contributed by atoms with Gasteiger partial charge in [-0.2, -0.15) is 0 Å². The van der Waals surface area contributed by atoms with Gasteiger partial charge in [-0.05, 0) is 42.2 Å². The molecule has 6 nitrogen and oxygen atoms in total. The summed E-state index contributed by atoms with van der Waals surface area (Å²) in [6.07, 6.45) is -0.178. The van der Waals surface area contributed by atoms with E-state index >= 15 is 0 Å². The third-order valence-electron chi connectivity index (χ3n) is 4.05. The van der Waals surface area contributed by atoms with Crippen molar-refractivity contribution in [2.75, 3.05) is 14.2 Å². The molecule has 0 radical (unpaired) electrons. The first-order chi connectivity index (χ1) is 12.4. The van der Waals surface area contributed by atoms with Crippen LogP contribution in [0.3, 0.4) is 0 Å². The van der Waals surface area contributed by atoms with Crippen molar-refractivity contribution in [2.45, 2.75) is 19.8 Å². The van der Waals surface area contributed by atoms with E-state index in [2.05, 4.69) is 0 Å². The van der Waals surface area contributed by atoms with Crippen LogP contribution >= 0.6 is 0 Å². The minimum absolute atomic E-state index is 0.130. The highest BCUT2D eigenvalue weighted by Crippen LogP contribution is 2.34. The Balaban J connectivity index is 2.45. The molecule has 2 rings (SSSR count). The number of methoxy groups -OCH3 is 2. The topological polar surface area (TPSA) is 89.9 Å². The van der Waals surface area contributed by atoms with Crippen LogP contribution in [0.25, 0.3) is 0 Å². The predicted octanol–water partition coefficient (Wildman–Crippen LogP) is 2.83. The summed E-state index contributed by atoms with van der Waals surface area (Å²) in [4.78, 5) is 34.6. The van der Waals surface area contributed by atoms with Gasteiger partial charge in [0.25, 0.3) is 0 Å². The smallest absolute Gasteiger partial charge is 0.372 e. The summed E-state index contributed by atoms with van der Waals surface area (Å²) in [5.74, 6) is -2.89. The summed E-state index contributed by atoms with van der Waals surface area (Å²) in [6, 6.07) is 11.2. The predicted molar refractivity (Wildman–Crippen MR) is 95.1 cm³/mol. The van der Waals surface area contributed by atoms with Crippen LogP contribution in [0.1, 0.15) is 33.5 Å². The van der Waals surface area contributed by atoms with Crippen molar-refractivity contribution in [3.8, 4) is 11.5 Å². The molecule has 0 bridgehead atoms. The van der Waals surface area contributed by atoms with Gasteiger partial charge in [-0.3, -0.25) is 9.59 Å². The number of benzene rings is 2. The fraction of sp³-hybridized carbons (Fsp3) is 0.250. The monoisotopic (exact) mass is 356 g/mol. The van der Waals surface area contributed by atoms with Crippen molar-refractivity contribution in [3.63, 3.8) is 0 Å². The molecule has 0 saturated heterocycles. The minimum Gasteiger partial charge on any atom is -0.493 e. The van der Waals surface area contributed by atoms with Crippen LogP contribution in [0.4, 0.5) is 0 Å². The fourth-order valence-corrected chi connectivity index (χ4v) is 2.68. The van der Waals surface area contributed by atoms with Gasteiger partial charge in [-0.1, -0.05) is 24.3 Å². The lowest BCUT2D eigenvalue weighted by atomic mass is 9.96. The molecule has 0 aliphatic rings. The number of ketones is 2. The second kappa shape index (κ2) is 8.29. The normalized spacial score (nSPS) is 10.3. The maximum Gasteiger partial charge on any atom is 0.372 e. The van der Waals surface area contributed by atoms with Crippen LogP contribution in [0.5, 0.6) is 11.5 Å². The lowest BCUT2D eigenvalue weighted by molar-refractivity contribution is -0.148. The van der Waals surface area contributed by atoms with Gasteiger partial charge >= 0.3 is 5.97 Å². The molecule has 0 fully saturated rings. The SMILES string of the molecule is COc1cc(Cc2ccccc2C)cc(C(=O)CC(=O)C(=O)O)c1OC. The van der Waals surface area contributed by atoms with Crippen LogP contribution in [0, 0.1) is 6.92 Å². The zero-order valence-electron chi connectivity index (χ0n) is 14.9. The molecule has 0 aromatic heterocycles. The quantitative estimate of drug-likeness (QED) is 0.444. The lowest BCUT2D eigenvalue weighted by Gasteiger charge is -2.15. The number of aryl methyl sites for hydroxylation is 1. The highest BCUT2D eigenvalue weighted by atomic mass is 16.5. The number of carbonyl (C=O) groups is 3. The van der Waals surface area contributed by atoms with E-state index in [1.54, 1.807) is 12.1 Å². The van der Waals surface area contributed by atoms with Gasteiger partial charge < -0.3 is 14.6 Å². The number of carbonyl (C=O) groups excluding carboxylic acids is 2. The zero-order chi connectivity index (χ0) is 19.3. The average Bonchev–Trinajstić information content (AvgIpc) is 2.62. The summed E-state index contributed by atoms with van der Waals surface area (Å²) >= 11 is 0. The van der Waals surface area contributed by atoms with Gasteiger partial charge in [0.1, 0.15) is 0 Å². The molecule has 0 atom stereocenters. The van der Waals surface area contributed by atoms with E-state index < -0.39 is 24.0 Å². The van der Waals surface area contributed by atoms with Crippen molar-refractivity contribution >= 4 is 17.5 Å². The van der Waals surface area contributed by atoms with Gasteiger partial charge in [0, 0.05) is 0 Å². The van der Waals surface area contributed by atoms with Crippen molar-refractivity contribution in [2.24, 2.45) is 0 Å². The molecule has 0 spiro atoms. The van der Waals surface area contributed by atoms with Gasteiger partial charge in [0.2, 0.25) is 5.78 Å². The highest BCUT2D eigenvalue weighted by Gasteiger charge is 2.23. The maximum atomic E-state index is 12.5. The molecule has 0 amide bonds. The molecule has 26 heavy (non-hydrogen) atoms.